The number of allylic oxidation sites excluding steroid dienone is 1. The first kappa shape index (κ1) is 18.8. The van der Waals surface area contributed by atoms with Crippen LogP contribution in [0, 0.1) is 10.1 Å². The van der Waals surface area contributed by atoms with E-state index in [0.717, 1.165) is 10.2 Å². The highest BCUT2D eigenvalue weighted by Crippen LogP contribution is 2.22. The maximum absolute atomic E-state index is 12.2. The molecule has 0 fully saturated rings. The molecule has 0 saturated heterocycles. The van der Waals surface area contributed by atoms with Gasteiger partial charge in [0.05, 0.1) is 15.1 Å². The Balaban J connectivity index is 1.91. The lowest BCUT2D eigenvalue weighted by atomic mass is 10.2. The average molecular weight is 400 g/mol. The van der Waals surface area contributed by atoms with Crippen LogP contribution in [0.1, 0.15) is 5.56 Å². The molecule has 1 amide bonds. The zero-order valence-electron chi connectivity index (χ0n) is 14.0. The summed E-state index contributed by atoms with van der Waals surface area (Å²) in [4.78, 5) is 27.1. The summed E-state index contributed by atoms with van der Waals surface area (Å²) in [7, 11) is 0. The molecule has 1 heterocycles. The van der Waals surface area contributed by atoms with Gasteiger partial charge in [-0.15, -0.1) is 6.58 Å². The van der Waals surface area contributed by atoms with Crippen LogP contribution in [0.2, 0.25) is 5.02 Å². The number of thiazole rings is 1. The predicted molar refractivity (Wildman–Crippen MR) is 108 cm³/mol. The maximum atomic E-state index is 12.2. The number of non-ortho nitro benzene ring substituents is 1. The summed E-state index contributed by atoms with van der Waals surface area (Å²) < 4.78 is 2.82. The van der Waals surface area contributed by atoms with Crippen molar-refractivity contribution < 1.29 is 9.72 Å². The molecule has 27 heavy (non-hydrogen) atoms. The Bertz CT molecular complexity index is 1130. The molecule has 8 heteroatoms. The van der Waals surface area contributed by atoms with Crippen LogP contribution < -0.4 is 4.80 Å². The summed E-state index contributed by atoms with van der Waals surface area (Å²) >= 11 is 7.41. The Hall–Kier alpha value is -3.03. The second-order valence-corrected chi connectivity index (χ2v) is 6.97. The van der Waals surface area contributed by atoms with Gasteiger partial charge in [-0.05, 0) is 42.0 Å². The zero-order valence-corrected chi connectivity index (χ0v) is 15.6. The molecule has 2 aromatic carbocycles. The van der Waals surface area contributed by atoms with Gasteiger partial charge in [0, 0.05) is 29.8 Å². The minimum absolute atomic E-state index is 0.00225. The SMILES string of the molecule is C=CCn1c(=NC(=O)/C=C\c2ccc([N+](=O)[O-])cc2)sc2cc(Cl)ccc21. The Labute approximate surface area is 163 Å². The van der Waals surface area contributed by atoms with E-state index < -0.39 is 10.8 Å². The van der Waals surface area contributed by atoms with Crippen LogP contribution in [0.15, 0.2) is 66.2 Å². The topological polar surface area (TPSA) is 77.5 Å². The fraction of sp³-hybridized carbons (Fsp3) is 0.0526. The number of carbonyl (C=O) groups is 1. The quantitative estimate of drug-likeness (QED) is 0.272. The number of carbonyl (C=O) groups excluding carboxylic acids is 1. The third kappa shape index (κ3) is 4.39. The molecule has 0 aliphatic heterocycles. The standard InChI is InChI=1S/C19H14ClN3O3S/c1-2-11-22-16-9-6-14(20)12-17(16)27-19(22)21-18(24)10-5-13-3-7-15(8-4-13)23(25)26/h2-10,12H,1,11H2/b10-5-,21-19?. The summed E-state index contributed by atoms with van der Waals surface area (Å²) in [5.74, 6) is -0.427. The Morgan fingerprint density at radius 1 is 1.30 bits per heavy atom. The van der Waals surface area contributed by atoms with E-state index in [1.165, 1.54) is 29.5 Å². The van der Waals surface area contributed by atoms with E-state index in [2.05, 4.69) is 11.6 Å². The van der Waals surface area contributed by atoms with Crippen molar-refractivity contribution >= 4 is 50.8 Å². The van der Waals surface area contributed by atoms with E-state index in [1.807, 2.05) is 16.7 Å². The second kappa shape index (κ2) is 8.11. The number of hydrogen-bond acceptors (Lipinski definition) is 4. The summed E-state index contributed by atoms with van der Waals surface area (Å²) in [6.07, 6.45) is 4.63. The molecule has 136 valence electrons. The van der Waals surface area contributed by atoms with Crippen molar-refractivity contribution in [2.75, 3.05) is 0 Å². The molecular weight excluding hydrogens is 386 g/mol. The van der Waals surface area contributed by atoms with Crippen LogP contribution in [0.3, 0.4) is 0 Å². The third-order valence-corrected chi connectivity index (χ3v) is 4.96. The fourth-order valence-corrected chi connectivity index (χ4v) is 3.76. The number of fused-ring (bicyclic) bond motifs is 1. The largest absolute Gasteiger partial charge is 0.312 e. The van der Waals surface area contributed by atoms with Gasteiger partial charge in [-0.2, -0.15) is 4.99 Å². The minimum atomic E-state index is -0.472. The van der Waals surface area contributed by atoms with Crippen LogP contribution in [0.4, 0.5) is 5.69 Å². The van der Waals surface area contributed by atoms with Crippen molar-refractivity contribution in [3.8, 4) is 0 Å². The van der Waals surface area contributed by atoms with Gasteiger partial charge >= 0.3 is 0 Å². The van der Waals surface area contributed by atoms with Crippen molar-refractivity contribution in [2.45, 2.75) is 6.54 Å². The Kier molecular flexibility index (Phi) is 5.63. The lowest BCUT2D eigenvalue weighted by molar-refractivity contribution is -0.384. The molecule has 0 radical (unpaired) electrons. The fourth-order valence-electron chi connectivity index (χ4n) is 2.44. The highest BCUT2D eigenvalue weighted by atomic mass is 35.5. The third-order valence-electron chi connectivity index (χ3n) is 3.68. The molecule has 0 spiro atoms. The lowest BCUT2D eigenvalue weighted by Crippen LogP contribution is -2.15. The molecule has 6 nitrogen and oxygen atoms in total. The first-order valence-electron chi connectivity index (χ1n) is 7.89. The zero-order chi connectivity index (χ0) is 19.4. The lowest BCUT2D eigenvalue weighted by Gasteiger charge is -2.00. The van der Waals surface area contributed by atoms with E-state index in [9.17, 15) is 14.9 Å². The molecule has 3 rings (SSSR count). The number of nitro benzene ring substituents is 1. The molecule has 0 N–H and O–H groups in total. The van der Waals surface area contributed by atoms with Gasteiger partial charge in [-0.25, -0.2) is 0 Å². The molecule has 0 aliphatic rings. The van der Waals surface area contributed by atoms with Crippen molar-refractivity contribution in [3.63, 3.8) is 0 Å². The van der Waals surface area contributed by atoms with Crippen LogP contribution in [-0.2, 0) is 11.3 Å². The van der Waals surface area contributed by atoms with Crippen LogP contribution in [0.5, 0.6) is 0 Å². The Morgan fingerprint density at radius 2 is 2.04 bits per heavy atom. The van der Waals surface area contributed by atoms with Crippen LogP contribution in [-0.4, -0.2) is 15.4 Å². The van der Waals surface area contributed by atoms with Gasteiger partial charge in [0.25, 0.3) is 11.6 Å². The highest BCUT2D eigenvalue weighted by molar-refractivity contribution is 7.16. The maximum Gasteiger partial charge on any atom is 0.272 e. The van der Waals surface area contributed by atoms with Gasteiger partial charge in [-0.1, -0.05) is 29.0 Å². The monoisotopic (exact) mass is 399 g/mol. The molecule has 0 saturated carbocycles. The van der Waals surface area contributed by atoms with E-state index in [1.54, 1.807) is 30.4 Å². The normalized spacial score (nSPS) is 12.0. The van der Waals surface area contributed by atoms with E-state index in [4.69, 9.17) is 11.6 Å². The summed E-state index contributed by atoms with van der Waals surface area (Å²) in [5, 5.41) is 11.3. The predicted octanol–water partition coefficient (Wildman–Crippen LogP) is 4.59. The van der Waals surface area contributed by atoms with E-state index >= 15 is 0 Å². The molecule has 0 unspecified atom stereocenters. The van der Waals surface area contributed by atoms with Gasteiger partial charge in [0.2, 0.25) is 0 Å². The molecule has 1 aromatic heterocycles. The number of rotatable bonds is 5. The van der Waals surface area contributed by atoms with Crippen molar-refractivity contribution in [1.82, 2.24) is 4.57 Å². The molecular formula is C19H14ClN3O3S. The van der Waals surface area contributed by atoms with Gasteiger partial charge in [0.1, 0.15) is 0 Å². The van der Waals surface area contributed by atoms with E-state index in [0.29, 0.717) is 21.9 Å². The number of halogens is 1. The van der Waals surface area contributed by atoms with Crippen LogP contribution in [0.25, 0.3) is 16.3 Å². The molecule has 0 bridgehead atoms. The summed E-state index contributed by atoms with van der Waals surface area (Å²) in [6.45, 7) is 4.26. The summed E-state index contributed by atoms with van der Waals surface area (Å²) in [5.41, 5.74) is 1.60. The van der Waals surface area contributed by atoms with Crippen molar-refractivity contribution in [1.29, 1.82) is 0 Å². The van der Waals surface area contributed by atoms with Crippen molar-refractivity contribution in [3.05, 3.63) is 86.7 Å². The molecule has 0 atom stereocenters. The first-order chi connectivity index (χ1) is 13.0. The number of nitrogens with zero attached hydrogens (tertiary/aromatic N) is 3. The van der Waals surface area contributed by atoms with Crippen molar-refractivity contribution in [2.24, 2.45) is 4.99 Å². The minimum Gasteiger partial charge on any atom is -0.312 e. The second-order valence-electron chi connectivity index (χ2n) is 5.53. The van der Waals surface area contributed by atoms with Gasteiger partial charge in [-0.3, -0.25) is 14.9 Å². The Morgan fingerprint density at radius 3 is 2.70 bits per heavy atom. The van der Waals surface area contributed by atoms with Gasteiger partial charge < -0.3 is 4.57 Å². The van der Waals surface area contributed by atoms with Gasteiger partial charge in [0.15, 0.2) is 4.80 Å². The number of aromatic nitrogens is 1. The smallest absolute Gasteiger partial charge is 0.272 e. The number of nitro groups is 1. The van der Waals surface area contributed by atoms with E-state index in [-0.39, 0.29) is 5.69 Å². The average Bonchev–Trinajstić information content (AvgIpc) is 2.97. The molecule has 0 aliphatic carbocycles. The number of hydrogen-bond donors (Lipinski definition) is 0. The van der Waals surface area contributed by atoms with Crippen LogP contribution >= 0.6 is 22.9 Å². The first-order valence-corrected chi connectivity index (χ1v) is 9.08. The molecule has 3 aromatic rings. The number of amides is 1. The summed E-state index contributed by atoms with van der Waals surface area (Å²) in [6, 6.07) is 11.4. The highest BCUT2D eigenvalue weighted by Gasteiger charge is 2.07. The number of benzene rings is 2.